The van der Waals surface area contributed by atoms with Crippen molar-refractivity contribution in [2.75, 3.05) is 24.7 Å². The van der Waals surface area contributed by atoms with Crippen LogP contribution >= 0.6 is 11.8 Å². The van der Waals surface area contributed by atoms with Crippen molar-refractivity contribution in [2.24, 2.45) is 0 Å². The lowest BCUT2D eigenvalue weighted by molar-refractivity contribution is -0.115. The predicted octanol–water partition coefficient (Wildman–Crippen LogP) is 1.96. The van der Waals surface area contributed by atoms with E-state index in [1.54, 1.807) is 11.8 Å². The Hall–Kier alpha value is -1.00. The summed E-state index contributed by atoms with van der Waals surface area (Å²) < 4.78 is 0. The number of rotatable bonds is 5. The highest BCUT2D eigenvalue weighted by molar-refractivity contribution is 7.98. The van der Waals surface area contributed by atoms with Gasteiger partial charge in [0.05, 0.1) is 6.54 Å². The lowest BCUT2D eigenvalue weighted by Gasteiger charge is -2.05. The van der Waals surface area contributed by atoms with Crippen molar-refractivity contribution in [3.05, 3.63) is 24.3 Å². The number of likely N-dealkylation sites (N-methyl/N-ethyl adjacent to an activating group) is 1. The van der Waals surface area contributed by atoms with Crippen LogP contribution in [0.5, 0.6) is 0 Å². The Morgan fingerprint density at radius 3 is 2.53 bits per heavy atom. The van der Waals surface area contributed by atoms with E-state index in [0.29, 0.717) is 6.54 Å². The molecular formula is C11H16N2OS. The maximum absolute atomic E-state index is 11.3. The van der Waals surface area contributed by atoms with Crippen molar-refractivity contribution in [1.82, 2.24) is 5.32 Å². The normalized spacial score (nSPS) is 10.0. The quantitative estimate of drug-likeness (QED) is 0.751. The van der Waals surface area contributed by atoms with Crippen molar-refractivity contribution < 1.29 is 4.79 Å². The molecule has 1 aromatic carbocycles. The number of hydrogen-bond acceptors (Lipinski definition) is 3. The number of nitrogens with one attached hydrogen (secondary N) is 2. The summed E-state index contributed by atoms with van der Waals surface area (Å²) in [5, 5.41) is 5.79. The molecule has 0 aliphatic carbocycles. The Bertz CT molecular complexity index is 311. The first-order valence-electron chi connectivity index (χ1n) is 4.91. The van der Waals surface area contributed by atoms with E-state index in [0.717, 1.165) is 12.2 Å². The molecule has 0 aliphatic heterocycles. The fraction of sp³-hybridized carbons (Fsp3) is 0.364. The number of anilines is 1. The molecule has 0 bridgehead atoms. The van der Waals surface area contributed by atoms with E-state index >= 15 is 0 Å². The van der Waals surface area contributed by atoms with Crippen molar-refractivity contribution in [3.63, 3.8) is 0 Å². The van der Waals surface area contributed by atoms with Crippen molar-refractivity contribution in [1.29, 1.82) is 0 Å². The van der Waals surface area contributed by atoms with Gasteiger partial charge in [-0.05, 0) is 37.1 Å². The van der Waals surface area contributed by atoms with E-state index in [-0.39, 0.29) is 5.91 Å². The molecule has 0 saturated heterocycles. The van der Waals surface area contributed by atoms with Crippen LogP contribution in [0.2, 0.25) is 0 Å². The monoisotopic (exact) mass is 224 g/mol. The lowest BCUT2D eigenvalue weighted by Crippen LogP contribution is -2.27. The van der Waals surface area contributed by atoms with Gasteiger partial charge in [0.2, 0.25) is 5.91 Å². The number of amides is 1. The van der Waals surface area contributed by atoms with Crippen LogP contribution in [0.1, 0.15) is 6.92 Å². The van der Waals surface area contributed by atoms with E-state index in [9.17, 15) is 4.79 Å². The molecule has 0 heterocycles. The first kappa shape index (κ1) is 12.1. The predicted molar refractivity (Wildman–Crippen MR) is 65.4 cm³/mol. The molecule has 82 valence electrons. The first-order chi connectivity index (χ1) is 7.26. The summed E-state index contributed by atoms with van der Waals surface area (Å²) in [5.74, 6) is -0.00579. The molecule has 0 spiro atoms. The van der Waals surface area contributed by atoms with Gasteiger partial charge in [0, 0.05) is 10.6 Å². The molecule has 0 radical (unpaired) electrons. The van der Waals surface area contributed by atoms with Crippen LogP contribution in [0.3, 0.4) is 0 Å². The number of hydrogen-bond donors (Lipinski definition) is 2. The summed E-state index contributed by atoms with van der Waals surface area (Å²) in [6, 6.07) is 7.81. The molecule has 4 heteroatoms. The second-order valence-corrected chi connectivity index (χ2v) is 3.94. The molecule has 15 heavy (non-hydrogen) atoms. The van der Waals surface area contributed by atoms with Crippen LogP contribution in [-0.4, -0.2) is 25.3 Å². The Kier molecular flexibility index (Phi) is 5.21. The van der Waals surface area contributed by atoms with Gasteiger partial charge in [0.15, 0.2) is 0 Å². The summed E-state index contributed by atoms with van der Waals surface area (Å²) in [4.78, 5) is 12.5. The highest BCUT2D eigenvalue weighted by Crippen LogP contribution is 2.17. The van der Waals surface area contributed by atoms with Gasteiger partial charge in [-0.25, -0.2) is 0 Å². The molecule has 1 rings (SSSR count). The molecule has 0 aromatic heterocycles. The van der Waals surface area contributed by atoms with E-state index in [1.807, 2.05) is 37.4 Å². The van der Waals surface area contributed by atoms with Crippen LogP contribution < -0.4 is 10.6 Å². The zero-order chi connectivity index (χ0) is 11.1. The summed E-state index contributed by atoms with van der Waals surface area (Å²) in [6.07, 6.45) is 2.03. The van der Waals surface area contributed by atoms with Gasteiger partial charge in [-0.15, -0.1) is 11.8 Å². The third-order valence-electron chi connectivity index (χ3n) is 1.91. The molecule has 0 unspecified atom stereocenters. The zero-order valence-corrected chi connectivity index (χ0v) is 9.86. The third kappa shape index (κ3) is 4.36. The Labute approximate surface area is 94.6 Å². The van der Waals surface area contributed by atoms with E-state index in [4.69, 9.17) is 0 Å². The van der Waals surface area contributed by atoms with E-state index in [2.05, 4.69) is 10.6 Å². The number of thioether (sulfide) groups is 1. The van der Waals surface area contributed by atoms with Crippen LogP contribution in [0, 0.1) is 0 Å². The van der Waals surface area contributed by atoms with Crippen molar-refractivity contribution in [3.8, 4) is 0 Å². The Morgan fingerprint density at radius 1 is 1.33 bits per heavy atom. The van der Waals surface area contributed by atoms with Gasteiger partial charge < -0.3 is 10.6 Å². The maximum Gasteiger partial charge on any atom is 0.238 e. The van der Waals surface area contributed by atoms with Gasteiger partial charge >= 0.3 is 0 Å². The van der Waals surface area contributed by atoms with Gasteiger partial charge in [-0.3, -0.25) is 4.79 Å². The zero-order valence-electron chi connectivity index (χ0n) is 9.04. The standard InChI is InChI=1S/C11H16N2OS/c1-3-12-8-11(14)13-9-4-6-10(15-2)7-5-9/h4-7,12H,3,8H2,1-2H3,(H,13,14). The van der Waals surface area contributed by atoms with Gasteiger partial charge in [0.25, 0.3) is 0 Å². The molecule has 2 N–H and O–H groups in total. The molecule has 0 aliphatic rings. The van der Waals surface area contributed by atoms with Crippen molar-refractivity contribution >= 4 is 23.4 Å². The van der Waals surface area contributed by atoms with Crippen LogP contribution in [0.4, 0.5) is 5.69 Å². The molecule has 1 amide bonds. The average molecular weight is 224 g/mol. The van der Waals surface area contributed by atoms with Gasteiger partial charge in [0.1, 0.15) is 0 Å². The van der Waals surface area contributed by atoms with E-state index < -0.39 is 0 Å². The molecule has 1 aromatic rings. The average Bonchev–Trinajstić information content (AvgIpc) is 2.27. The number of carbonyl (C=O) groups is 1. The topological polar surface area (TPSA) is 41.1 Å². The van der Waals surface area contributed by atoms with Crippen LogP contribution in [0.15, 0.2) is 29.2 Å². The SMILES string of the molecule is CCNCC(=O)Nc1ccc(SC)cc1. The summed E-state index contributed by atoms with van der Waals surface area (Å²) >= 11 is 1.69. The molecule has 0 saturated carbocycles. The van der Waals surface area contributed by atoms with Crippen LogP contribution in [-0.2, 0) is 4.79 Å². The second kappa shape index (κ2) is 6.48. The molecule has 0 atom stereocenters. The van der Waals surface area contributed by atoms with Crippen molar-refractivity contribution in [2.45, 2.75) is 11.8 Å². The lowest BCUT2D eigenvalue weighted by atomic mass is 10.3. The fourth-order valence-electron chi connectivity index (χ4n) is 1.12. The second-order valence-electron chi connectivity index (χ2n) is 3.06. The minimum absolute atomic E-state index is 0.00579. The number of benzene rings is 1. The molecule has 3 nitrogen and oxygen atoms in total. The fourth-order valence-corrected chi connectivity index (χ4v) is 1.53. The summed E-state index contributed by atoms with van der Waals surface area (Å²) in [6.45, 7) is 3.14. The van der Waals surface area contributed by atoms with Gasteiger partial charge in [-0.2, -0.15) is 0 Å². The largest absolute Gasteiger partial charge is 0.325 e. The smallest absolute Gasteiger partial charge is 0.238 e. The summed E-state index contributed by atoms with van der Waals surface area (Å²) in [7, 11) is 0. The third-order valence-corrected chi connectivity index (χ3v) is 2.65. The number of carbonyl (C=O) groups excluding carboxylic acids is 1. The summed E-state index contributed by atoms with van der Waals surface area (Å²) in [5.41, 5.74) is 0.843. The van der Waals surface area contributed by atoms with Crippen LogP contribution in [0.25, 0.3) is 0 Å². The first-order valence-corrected chi connectivity index (χ1v) is 6.13. The maximum atomic E-state index is 11.3. The molecular weight excluding hydrogens is 208 g/mol. The Morgan fingerprint density at radius 2 is 2.00 bits per heavy atom. The van der Waals surface area contributed by atoms with Gasteiger partial charge in [-0.1, -0.05) is 6.92 Å². The highest BCUT2D eigenvalue weighted by atomic mass is 32.2. The van der Waals surface area contributed by atoms with E-state index in [1.165, 1.54) is 4.90 Å². The highest BCUT2D eigenvalue weighted by Gasteiger charge is 2.00. The molecule has 0 fully saturated rings. The minimum atomic E-state index is -0.00579. The Balaban J connectivity index is 2.46. The minimum Gasteiger partial charge on any atom is -0.325 e.